The van der Waals surface area contributed by atoms with Crippen LogP contribution in [0.25, 0.3) is 0 Å². The van der Waals surface area contributed by atoms with Gasteiger partial charge in [-0.1, -0.05) is 6.07 Å². The molecule has 1 unspecified atom stereocenters. The van der Waals surface area contributed by atoms with Gasteiger partial charge in [-0.2, -0.15) is 0 Å². The Morgan fingerprint density at radius 3 is 3.15 bits per heavy atom. The van der Waals surface area contributed by atoms with E-state index in [1.165, 1.54) is 0 Å². The van der Waals surface area contributed by atoms with Gasteiger partial charge in [0.15, 0.2) is 0 Å². The average Bonchev–Trinajstić information content (AvgIpc) is 2.18. The van der Waals surface area contributed by atoms with Gasteiger partial charge < -0.3 is 9.84 Å². The van der Waals surface area contributed by atoms with E-state index in [4.69, 9.17) is 4.74 Å². The lowest BCUT2D eigenvalue weighted by atomic mass is 10.0. The Morgan fingerprint density at radius 2 is 2.38 bits per heavy atom. The van der Waals surface area contributed by atoms with Crippen LogP contribution >= 0.6 is 0 Å². The van der Waals surface area contributed by atoms with Crippen LogP contribution in [0.4, 0.5) is 5.69 Å². The first-order valence-corrected chi connectivity index (χ1v) is 4.20. The molecule has 0 saturated carbocycles. The van der Waals surface area contributed by atoms with E-state index in [1.807, 2.05) is 18.2 Å². The summed E-state index contributed by atoms with van der Waals surface area (Å²) in [6.07, 6.45) is 1.91. The van der Waals surface area contributed by atoms with E-state index in [9.17, 15) is 5.11 Å². The Balaban J connectivity index is 2.47. The van der Waals surface area contributed by atoms with Crippen LogP contribution < -0.4 is 4.74 Å². The quantitative estimate of drug-likeness (QED) is 0.711. The molecule has 3 nitrogen and oxygen atoms in total. The summed E-state index contributed by atoms with van der Waals surface area (Å²) >= 11 is 0. The Morgan fingerprint density at radius 1 is 1.54 bits per heavy atom. The minimum absolute atomic E-state index is 0.418. The van der Waals surface area contributed by atoms with Crippen LogP contribution in [-0.2, 0) is 0 Å². The zero-order valence-electron chi connectivity index (χ0n) is 7.40. The number of nitrogens with zero attached hydrogens (tertiary/aromatic N) is 1. The van der Waals surface area contributed by atoms with Gasteiger partial charge in [0.05, 0.1) is 18.9 Å². The van der Waals surface area contributed by atoms with Crippen molar-refractivity contribution in [3.05, 3.63) is 23.8 Å². The highest BCUT2D eigenvalue weighted by atomic mass is 16.5. The molecule has 1 N–H and O–H groups in total. The van der Waals surface area contributed by atoms with Crippen LogP contribution in [0.5, 0.6) is 5.75 Å². The maximum Gasteiger partial charge on any atom is 0.121 e. The van der Waals surface area contributed by atoms with E-state index >= 15 is 0 Å². The fourth-order valence-electron chi connectivity index (χ4n) is 1.42. The molecule has 1 heterocycles. The monoisotopic (exact) mass is 177 g/mol. The largest absolute Gasteiger partial charge is 0.497 e. The molecule has 1 aliphatic heterocycles. The molecule has 1 aliphatic rings. The number of fused-ring (bicyclic) bond motifs is 1. The van der Waals surface area contributed by atoms with Crippen molar-refractivity contribution in [2.75, 3.05) is 7.11 Å². The maximum absolute atomic E-state index is 9.59. The Hall–Kier alpha value is -1.35. The standard InChI is InChI=1S/C10H11NO2/c1-13-7-2-3-8-9(6-7)11-5-4-10(8)12/h2-3,5-6,10,12H,4H2,1H3. The third kappa shape index (κ3) is 1.42. The van der Waals surface area contributed by atoms with Crippen LogP contribution in [-0.4, -0.2) is 18.4 Å². The summed E-state index contributed by atoms with van der Waals surface area (Å²) in [5.41, 5.74) is 1.68. The van der Waals surface area contributed by atoms with E-state index < -0.39 is 6.10 Å². The summed E-state index contributed by atoms with van der Waals surface area (Å²) in [7, 11) is 1.62. The van der Waals surface area contributed by atoms with Crippen molar-refractivity contribution in [3.63, 3.8) is 0 Å². The highest BCUT2D eigenvalue weighted by molar-refractivity contribution is 5.70. The highest BCUT2D eigenvalue weighted by Gasteiger charge is 2.15. The third-order valence-electron chi connectivity index (χ3n) is 2.16. The average molecular weight is 177 g/mol. The topological polar surface area (TPSA) is 41.8 Å². The molecule has 2 rings (SSSR count). The van der Waals surface area contributed by atoms with E-state index in [0.29, 0.717) is 6.42 Å². The molecule has 0 fully saturated rings. The van der Waals surface area contributed by atoms with Crippen LogP contribution in [0.15, 0.2) is 23.2 Å². The molecule has 13 heavy (non-hydrogen) atoms. The smallest absolute Gasteiger partial charge is 0.121 e. The summed E-state index contributed by atoms with van der Waals surface area (Å²) in [4.78, 5) is 4.19. The fourth-order valence-corrected chi connectivity index (χ4v) is 1.42. The second-order valence-electron chi connectivity index (χ2n) is 2.99. The van der Waals surface area contributed by atoms with Gasteiger partial charge in [-0.3, -0.25) is 4.99 Å². The van der Waals surface area contributed by atoms with Crippen molar-refractivity contribution < 1.29 is 9.84 Å². The molecular weight excluding hydrogens is 166 g/mol. The van der Waals surface area contributed by atoms with Crippen molar-refractivity contribution >= 4 is 11.9 Å². The second-order valence-corrected chi connectivity index (χ2v) is 2.99. The molecular formula is C10H11NO2. The molecule has 0 bridgehead atoms. The van der Waals surface area contributed by atoms with Crippen LogP contribution in [0.3, 0.4) is 0 Å². The van der Waals surface area contributed by atoms with Crippen molar-refractivity contribution in [2.45, 2.75) is 12.5 Å². The van der Waals surface area contributed by atoms with Crippen molar-refractivity contribution in [1.29, 1.82) is 0 Å². The van der Waals surface area contributed by atoms with E-state index in [1.54, 1.807) is 13.3 Å². The molecule has 0 radical (unpaired) electrons. The van der Waals surface area contributed by atoms with Gasteiger partial charge in [-0.05, 0) is 6.07 Å². The lowest BCUT2D eigenvalue weighted by molar-refractivity contribution is 0.186. The number of benzene rings is 1. The summed E-state index contributed by atoms with van der Waals surface area (Å²) in [5, 5.41) is 9.59. The molecule has 1 atom stereocenters. The van der Waals surface area contributed by atoms with Gasteiger partial charge in [-0.25, -0.2) is 0 Å². The minimum atomic E-state index is -0.418. The molecule has 68 valence electrons. The van der Waals surface area contributed by atoms with Crippen molar-refractivity contribution in [1.82, 2.24) is 0 Å². The SMILES string of the molecule is COc1ccc2c(c1)N=CCC2O. The highest BCUT2D eigenvalue weighted by Crippen LogP contribution is 2.33. The lowest BCUT2D eigenvalue weighted by Gasteiger charge is -2.16. The van der Waals surface area contributed by atoms with Gasteiger partial charge in [-0.15, -0.1) is 0 Å². The number of ether oxygens (including phenoxy) is 1. The predicted octanol–water partition coefficient (Wildman–Crippen LogP) is 1.83. The number of aliphatic hydroxyl groups excluding tert-OH is 1. The first-order valence-electron chi connectivity index (χ1n) is 4.20. The van der Waals surface area contributed by atoms with Crippen molar-refractivity contribution in [2.24, 2.45) is 4.99 Å². The van der Waals surface area contributed by atoms with Gasteiger partial charge >= 0.3 is 0 Å². The van der Waals surface area contributed by atoms with Gasteiger partial charge in [0, 0.05) is 24.3 Å². The van der Waals surface area contributed by atoms with Gasteiger partial charge in [0.25, 0.3) is 0 Å². The molecule has 0 aliphatic carbocycles. The third-order valence-corrected chi connectivity index (χ3v) is 2.16. The van der Waals surface area contributed by atoms with Crippen LogP contribution in [0, 0.1) is 0 Å². The number of rotatable bonds is 1. The van der Waals surface area contributed by atoms with E-state index in [-0.39, 0.29) is 0 Å². The van der Waals surface area contributed by atoms with E-state index in [0.717, 1.165) is 17.0 Å². The second kappa shape index (κ2) is 3.18. The van der Waals surface area contributed by atoms with E-state index in [2.05, 4.69) is 4.99 Å². The first-order chi connectivity index (χ1) is 6.31. The summed E-state index contributed by atoms with van der Waals surface area (Å²) < 4.78 is 5.06. The maximum atomic E-state index is 9.59. The van der Waals surface area contributed by atoms with Crippen LogP contribution in [0.1, 0.15) is 18.1 Å². The Labute approximate surface area is 76.7 Å². The number of aliphatic hydroxyl groups is 1. The zero-order chi connectivity index (χ0) is 9.26. The predicted molar refractivity (Wildman–Crippen MR) is 50.7 cm³/mol. The summed E-state index contributed by atoms with van der Waals surface area (Å²) in [6.45, 7) is 0. The summed E-state index contributed by atoms with van der Waals surface area (Å²) in [6, 6.07) is 5.52. The molecule has 0 aromatic heterocycles. The number of hydrogen-bond donors (Lipinski definition) is 1. The number of aliphatic imine (C=N–C) groups is 1. The lowest BCUT2D eigenvalue weighted by Crippen LogP contribution is -2.02. The summed E-state index contributed by atoms with van der Waals surface area (Å²) in [5.74, 6) is 0.769. The zero-order valence-corrected chi connectivity index (χ0v) is 7.40. The van der Waals surface area contributed by atoms with Gasteiger partial charge in [0.1, 0.15) is 5.75 Å². The number of hydrogen-bond acceptors (Lipinski definition) is 3. The normalized spacial score (nSPS) is 19.7. The number of methoxy groups -OCH3 is 1. The molecule has 1 aromatic rings. The molecule has 0 saturated heterocycles. The minimum Gasteiger partial charge on any atom is -0.497 e. The molecule has 0 amide bonds. The van der Waals surface area contributed by atoms with Crippen LogP contribution in [0.2, 0.25) is 0 Å². The fraction of sp³-hybridized carbons (Fsp3) is 0.300. The molecule has 3 heteroatoms. The first kappa shape index (κ1) is 8.26. The molecule has 0 spiro atoms. The van der Waals surface area contributed by atoms with Gasteiger partial charge in [0.2, 0.25) is 0 Å². The Kier molecular flexibility index (Phi) is 2.02. The van der Waals surface area contributed by atoms with Crippen molar-refractivity contribution in [3.8, 4) is 5.75 Å². The Bertz CT molecular complexity index is 347. The molecule has 1 aromatic carbocycles.